The predicted octanol–water partition coefficient (Wildman–Crippen LogP) is 3.43. The lowest BCUT2D eigenvalue weighted by atomic mass is 10.1. The molecule has 0 aliphatic carbocycles. The summed E-state index contributed by atoms with van der Waals surface area (Å²) in [6, 6.07) is 18.5. The van der Waals surface area contributed by atoms with Gasteiger partial charge in [0.25, 0.3) is 0 Å². The Morgan fingerprint density at radius 1 is 0.941 bits per heavy atom. The van der Waals surface area contributed by atoms with Gasteiger partial charge in [0.05, 0.1) is 5.69 Å². The number of benzene rings is 2. The fraction of sp³-hybridized carbons (Fsp3) is 0.0667. The van der Waals surface area contributed by atoms with Crippen LogP contribution in [0.4, 0.5) is 5.69 Å². The van der Waals surface area contributed by atoms with Crippen LogP contribution in [0.1, 0.15) is 0 Å². The Bertz CT molecular complexity index is 680. The highest BCUT2D eigenvalue weighted by molar-refractivity contribution is 5.89. The molecule has 0 fully saturated rings. The summed E-state index contributed by atoms with van der Waals surface area (Å²) in [5.41, 5.74) is 10.3. The molecule has 0 amide bonds. The van der Waals surface area contributed by atoms with E-state index in [1.165, 1.54) is 10.9 Å². The van der Waals surface area contributed by atoms with E-state index in [0.29, 0.717) is 0 Å². The third-order valence-corrected chi connectivity index (χ3v) is 3.19. The van der Waals surface area contributed by atoms with Crippen molar-refractivity contribution in [3.63, 3.8) is 0 Å². The smallest absolute Gasteiger partial charge is 0.0509 e. The first kappa shape index (κ1) is 9.97. The Balaban J connectivity index is 2.32. The molecule has 3 aromatic rings. The fourth-order valence-electron chi connectivity index (χ4n) is 2.28. The lowest BCUT2D eigenvalue weighted by molar-refractivity contribution is 0.979. The Morgan fingerprint density at radius 3 is 2.41 bits per heavy atom. The van der Waals surface area contributed by atoms with Crippen LogP contribution in [0.3, 0.4) is 0 Å². The van der Waals surface area contributed by atoms with Gasteiger partial charge in [-0.3, -0.25) is 0 Å². The van der Waals surface area contributed by atoms with Crippen molar-refractivity contribution in [2.75, 3.05) is 5.73 Å². The van der Waals surface area contributed by atoms with Crippen LogP contribution in [-0.2, 0) is 7.05 Å². The van der Waals surface area contributed by atoms with E-state index in [0.717, 1.165) is 16.9 Å². The van der Waals surface area contributed by atoms with Crippen molar-refractivity contribution in [1.82, 2.24) is 4.57 Å². The number of hydrogen-bond acceptors (Lipinski definition) is 1. The molecule has 1 heterocycles. The van der Waals surface area contributed by atoms with E-state index in [2.05, 4.69) is 48.0 Å². The highest BCUT2D eigenvalue weighted by atomic mass is 14.9. The SMILES string of the molecule is Cn1c(-c2ccccc2N)cc2ccccc21. The normalized spacial score (nSPS) is 10.9. The minimum absolute atomic E-state index is 0.818. The maximum atomic E-state index is 6.03. The van der Waals surface area contributed by atoms with E-state index in [9.17, 15) is 0 Å². The molecule has 0 atom stereocenters. The topological polar surface area (TPSA) is 30.9 Å². The first-order valence-electron chi connectivity index (χ1n) is 5.67. The quantitative estimate of drug-likeness (QED) is 0.628. The monoisotopic (exact) mass is 222 g/mol. The lowest BCUT2D eigenvalue weighted by Crippen LogP contribution is -1.95. The van der Waals surface area contributed by atoms with Crippen molar-refractivity contribution in [2.24, 2.45) is 7.05 Å². The fourth-order valence-corrected chi connectivity index (χ4v) is 2.28. The Hall–Kier alpha value is -2.22. The van der Waals surface area contributed by atoms with Crippen LogP contribution in [0.25, 0.3) is 22.2 Å². The van der Waals surface area contributed by atoms with Gasteiger partial charge in [-0.2, -0.15) is 0 Å². The Labute approximate surface area is 100 Å². The third kappa shape index (κ3) is 1.49. The first-order chi connectivity index (χ1) is 8.27. The van der Waals surface area contributed by atoms with Crippen molar-refractivity contribution in [2.45, 2.75) is 0 Å². The van der Waals surface area contributed by atoms with Crippen LogP contribution in [0.5, 0.6) is 0 Å². The highest BCUT2D eigenvalue weighted by Crippen LogP contribution is 2.30. The van der Waals surface area contributed by atoms with Gasteiger partial charge in [0.15, 0.2) is 0 Å². The van der Waals surface area contributed by atoms with E-state index in [-0.39, 0.29) is 0 Å². The van der Waals surface area contributed by atoms with Crippen molar-refractivity contribution >= 4 is 16.6 Å². The summed E-state index contributed by atoms with van der Waals surface area (Å²) >= 11 is 0. The van der Waals surface area contributed by atoms with Crippen molar-refractivity contribution < 1.29 is 0 Å². The molecule has 1 aromatic heterocycles. The van der Waals surface area contributed by atoms with Gasteiger partial charge in [0.2, 0.25) is 0 Å². The summed E-state index contributed by atoms with van der Waals surface area (Å²) in [6.07, 6.45) is 0. The number of rotatable bonds is 1. The molecule has 0 saturated carbocycles. The van der Waals surface area contributed by atoms with Crippen LogP contribution in [0.15, 0.2) is 54.6 Å². The zero-order chi connectivity index (χ0) is 11.8. The number of anilines is 1. The second-order valence-electron chi connectivity index (χ2n) is 4.23. The molecule has 3 rings (SSSR count). The third-order valence-electron chi connectivity index (χ3n) is 3.19. The summed E-state index contributed by atoms with van der Waals surface area (Å²) in [5.74, 6) is 0. The van der Waals surface area contributed by atoms with Crippen LogP contribution >= 0.6 is 0 Å². The number of aromatic nitrogens is 1. The molecule has 0 aliphatic rings. The number of nitrogens with zero attached hydrogens (tertiary/aromatic N) is 1. The van der Waals surface area contributed by atoms with Gasteiger partial charge in [-0.25, -0.2) is 0 Å². The molecule has 0 aliphatic heterocycles. The number of hydrogen-bond donors (Lipinski definition) is 1. The number of aryl methyl sites for hydroxylation is 1. The minimum atomic E-state index is 0.818. The summed E-state index contributed by atoms with van der Waals surface area (Å²) in [5, 5.41) is 1.24. The molecule has 17 heavy (non-hydrogen) atoms. The van der Waals surface area contributed by atoms with Gasteiger partial charge >= 0.3 is 0 Å². The van der Waals surface area contributed by atoms with Crippen LogP contribution in [-0.4, -0.2) is 4.57 Å². The molecule has 2 aromatic carbocycles. The van der Waals surface area contributed by atoms with Gasteiger partial charge in [-0.15, -0.1) is 0 Å². The molecule has 0 bridgehead atoms. The average molecular weight is 222 g/mol. The van der Waals surface area contributed by atoms with Gasteiger partial charge in [-0.1, -0.05) is 36.4 Å². The summed E-state index contributed by atoms with van der Waals surface area (Å²) in [6.45, 7) is 0. The van der Waals surface area contributed by atoms with E-state index in [1.807, 2.05) is 18.2 Å². The number of para-hydroxylation sites is 2. The molecule has 0 radical (unpaired) electrons. The second-order valence-corrected chi connectivity index (χ2v) is 4.23. The summed E-state index contributed by atoms with van der Waals surface area (Å²) in [4.78, 5) is 0. The highest BCUT2D eigenvalue weighted by Gasteiger charge is 2.08. The van der Waals surface area contributed by atoms with E-state index in [4.69, 9.17) is 5.73 Å². The largest absolute Gasteiger partial charge is 0.398 e. The molecular formula is C15H14N2. The van der Waals surface area contributed by atoms with Crippen molar-refractivity contribution in [1.29, 1.82) is 0 Å². The zero-order valence-electron chi connectivity index (χ0n) is 9.72. The molecule has 0 unspecified atom stereocenters. The van der Waals surface area contributed by atoms with E-state index < -0.39 is 0 Å². The molecule has 2 N–H and O–H groups in total. The Morgan fingerprint density at radius 2 is 1.65 bits per heavy atom. The number of nitrogens with two attached hydrogens (primary N) is 1. The number of fused-ring (bicyclic) bond motifs is 1. The van der Waals surface area contributed by atoms with E-state index in [1.54, 1.807) is 0 Å². The number of nitrogen functional groups attached to an aromatic ring is 1. The van der Waals surface area contributed by atoms with Gasteiger partial charge < -0.3 is 10.3 Å². The molecule has 0 spiro atoms. The standard InChI is InChI=1S/C15H14N2/c1-17-14-9-5-2-6-11(14)10-15(17)12-7-3-4-8-13(12)16/h2-10H,16H2,1H3. The molecule has 0 saturated heterocycles. The van der Waals surface area contributed by atoms with E-state index >= 15 is 0 Å². The summed E-state index contributed by atoms with van der Waals surface area (Å²) < 4.78 is 2.18. The molecule has 2 nitrogen and oxygen atoms in total. The molecule has 2 heteroatoms. The van der Waals surface area contributed by atoms with Gasteiger partial charge in [0.1, 0.15) is 0 Å². The minimum Gasteiger partial charge on any atom is -0.398 e. The maximum absolute atomic E-state index is 6.03. The summed E-state index contributed by atoms with van der Waals surface area (Å²) in [7, 11) is 2.07. The van der Waals surface area contributed by atoms with Crippen molar-refractivity contribution in [3.05, 3.63) is 54.6 Å². The molecule has 84 valence electrons. The van der Waals surface area contributed by atoms with Crippen LogP contribution in [0, 0.1) is 0 Å². The van der Waals surface area contributed by atoms with Crippen LogP contribution in [0.2, 0.25) is 0 Å². The van der Waals surface area contributed by atoms with Crippen molar-refractivity contribution in [3.8, 4) is 11.3 Å². The maximum Gasteiger partial charge on any atom is 0.0509 e. The van der Waals surface area contributed by atoms with Gasteiger partial charge in [0, 0.05) is 29.2 Å². The lowest BCUT2D eigenvalue weighted by Gasteiger charge is -2.07. The second kappa shape index (κ2) is 3.67. The average Bonchev–Trinajstić information content (AvgIpc) is 2.68. The zero-order valence-corrected chi connectivity index (χ0v) is 9.72. The molecular weight excluding hydrogens is 208 g/mol. The first-order valence-corrected chi connectivity index (χ1v) is 5.67. The van der Waals surface area contributed by atoms with Crippen LogP contribution < -0.4 is 5.73 Å². The Kier molecular flexibility index (Phi) is 2.15. The predicted molar refractivity (Wildman–Crippen MR) is 72.8 cm³/mol. The van der Waals surface area contributed by atoms with Gasteiger partial charge in [-0.05, 0) is 18.2 Å².